The standard InChI is InChI=1S/C11H21N3O2/c1-9-12-10(16-13-9)8-14(6-7-15-5)11(2,3)4/h6-8H2,1-5H3. The third kappa shape index (κ3) is 3.90. The van der Waals surface area contributed by atoms with Gasteiger partial charge < -0.3 is 9.26 Å². The van der Waals surface area contributed by atoms with Crippen LogP contribution in [0.3, 0.4) is 0 Å². The Morgan fingerprint density at radius 3 is 2.50 bits per heavy atom. The molecule has 0 N–H and O–H groups in total. The lowest BCUT2D eigenvalue weighted by Gasteiger charge is -2.34. The Kier molecular flexibility index (Phi) is 4.44. The third-order valence-corrected chi connectivity index (χ3v) is 2.41. The van der Waals surface area contributed by atoms with E-state index in [9.17, 15) is 0 Å². The molecule has 1 aromatic rings. The number of hydrogen-bond acceptors (Lipinski definition) is 5. The summed E-state index contributed by atoms with van der Waals surface area (Å²) in [6.45, 7) is 10.5. The van der Waals surface area contributed by atoms with Crippen LogP contribution in [0.25, 0.3) is 0 Å². The zero-order valence-corrected chi connectivity index (χ0v) is 10.8. The van der Waals surface area contributed by atoms with E-state index in [1.807, 2.05) is 6.92 Å². The van der Waals surface area contributed by atoms with E-state index < -0.39 is 0 Å². The van der Waals surface area contributed by atoms with Gasteiger partial charge in [0.2, 0.25) is 5.89 Å². The fraction of sp³-hybridized carbons (Fsp3) is 0.818. The second kappa shape index (κ2) is 5.41. The van der Waals surface area contributed by atoms with Crippen LogP contribution >= 0.6 is 0 Å². The van der Waals surface area contributed by atoms with E-state index in [0.29, 0.717) is 24.9 Å². The summed E-state index contributed by atoms with van der Waals surface area (Å²) < 4.78 is 10.2. The molecule has 5 heteroatoms. The Morgan fingerprint density at radius 1 is 1.38 bits per heavy atom. The molecule has 92 valence electrons. The van der Waals surface area contributed by atoms with Crippen LogP contribution in [-0.4, -0.2) is 40.8 Å². The highest BCUT2D eigenvalue weighted by Crippen LogP contribution is 2.16. The first-order chi connectivity index (χ1) is 7.43. The summed E-state index contributed by atoms with van der Waals surface area (Å²) in [5, 5.41) is 3.79. The van der Waals surface area contributed by atoms with Crippen molar-refractivity contribution >= 4 is 0 Å². The molecule has 5 nitrogen and oxygen atoms in total. The second-order valence-electron chi connectivity index (χ2n) is 4.82. The molecule has 0 unspecified atom stereocenters. The number of methoxy groups -OCH3 is 1. The van der Waals surface area contributed by atoms with Gasteiger partial charge in [-0.1, -0.05) is 5.16 Å². The van der Waals surface area contributed by atoms with E-state index in [4.69, 9.17) is 9.26 Å². The van der Waals surface area contributed by atoms with Gasteiger partial charge >= 0.3 is 0 Å². The van der Waals surface area contributed by atoms with Gasteiger partial charge in [0, 0.05) is 19.2 Å². The molecule has 0 atom stereocenters. The van der Waals surface area contributed by atoms with Gasteiger partial charge in [0.25, 0.3) is 0 Å². The molecule has 0 aromatic carbocycles. The van der Waals surface area contributed by atoms with Crippen LogP contribution < -0.4 is 0 Å². The first-order valence-electron chi connectivity index (χ1n) is 5.46. The fourth-order valence-electron chi connectivity index (χ4n) is 1.42. The lowest BCUT2D eigenvalue weighted by molar-refractivity contribution is 0.0712. The number of hydrogen-bond donors (Lipinski definition) is 0. The summed E-state index contributed by atoms with van der Waals surface area (Å²) in [7, 11) is 1.71. The SMILES string of the molecule is COCCN(Cc1nc(C)no1)C(C)(C)C. The average molecular weight is 227 g/mol. The molecule has 1 aromatic heterocycles. The first-order valence-corrected chi connectivity index (χ1v) is 5.46. The Labute approximate surface area is 96.8 Å². The van der Waals surface area contributed by atoms with E-state index in [0.717, 1.165) is 6.54 Å². The summed E-state index contributed by atoms with van der Waals surface area (Å²) in [6, 6.07) is 0. The number of rotatable bonds is 5. The smallest absolute Gasteiger partial charge is 0.240 e. The summed E-state index contributed by atoms with van der Waals surface area (Å²) in [5.41, 5.74) is 0.0565. The van der Waals surface area contributed by atoms with Crippen molar-refractivity contribution in [2.45, 2.75) is 39.8 Å². The molecule has 0 aliphatic heterocycles. The second-order valence-corrected chi connectivity index (χ2v) is 4.82. The highest BCUT2D eigenvalue weighted by molar-refractivity contribution is 4.86. The van der Waals surface area contributed by atoms with Gasteiger partial charge in [0.05, 0.1) is 13.2 Å². The third-order valence-electron chi connectivity index (χ3n) is 2.41. The quantitative estimate of drug-likeness (QED) is 0.765. The minimum Gasteiger partial charge on any atom is -0.383 e. The molecule has 0 amide bonds. The Balaban J connectivity index is 2.63. The predicted octanol–water partition coefficient (Wildman–Crippen LogP) is 1.62. The highest BCUT2D eigenvalue weighted by atomic mass is 16.5. The molecule has 1 rings (SSSR count). The van der Waals surface area contributed by atoms with Crippen LogP contribution in [-0.2, 0) is 11.3 Å². The Hall–Kier alpha value is -0.940. The van der Waals surface area contributed by atoms with Crippen molar-refractivity contribution in [1.82, 2.24) is 15.0 Å². The van der Waals surface area contributed by atoms with Crippen molar-refractivity contribution < 1.29 is 9.26 Å². The van der Waals surface area contributed by atoms with Gasteiger partial charge in [-0.3, -0.25) is 4.90 Å². The van der Waals surface area contributed by atoms with Gasteiger partial charge in [-0.05, 0) is 27.7 Å². The lowest BCUT2D eigenvalue weighted by atomic mass is 10.1. The first kappa shape index (κ1) is 13.1. The van der Waals surface area contributed by atoms with Crippen LogP contribution in [0.4, 0.5) is 0 Å². The zero-order chi connectivity index (χ0) is 12.2. The molecule has 0 saturated heterocycles. The number of nitrogens with zero attached hydrogens (tertiary/aromatic N) is 3. The number of aromatic nitrogens is 2. The maximum Gasteiger partial charge on any atom is 0.240 e. The Bertz CT molecular complexity index is 317. The van der Waals surface area contributed by atoms with Gasteiger partial charge in [0.15, 0.2) is 5.82 Å². The van der Waals surface area contributed by atoms with E-state index in [2.05, 4.69) is 35.8 Å². The van der Waals surface area contributed by atoms with Gasteiger partial charge in [-0.25, -0.2) is 0 Å². The number of ether oxygens (including phenoxy) is 1. The molecule has 1 heterocycles. The maximum atomic E-state index is 5.13. The zero-order valence-electron chi connectivity index (χ0n) is 10.8. The molecule has 0 radical (unpaired) electrons. The van der Waals surface area contributed by atoms with E-state index in [1.165, 1.54) is 0 Å². The van der Waals surface area contributed by atoms with Crippen LogP contribution in [0, 0.1) is 6.92 Å². The molecule has 0 aliphatic carbocycles. The molecule has 0 spiro atoms. The van der Waals surface area contributed by atoms with Gasteiger partial charge in [-0.2, -0.15) is 4.98 Å². The summed E-state index contributed by atoms with van der Waals surface area (Å²) in [6.07, 6.45) is 0. The normalized spacial score (nSPS) is 12.4. The summed E-state index contributed by atoms with van der Waals surface area (Å²) in [4.78, 5) is 6.47. The molecule has 0 saturated carbocycles. The van der Waals surface area contributed by atoms with Crippen molar-refractivity contribution in [3.63, 3.8) is 0 Å². The molecule has 0 bridgehead atoms. The molecule has 0 aliphatic rings. The van der Waals surface area contributed by atoms with E-state index >= 15 is 0 Å². The monoisotopic (exact) mass is 227 g/mol. The molecule has 16 heavy (non-hydrogen) atoms. The molecular formula is C11H21N3O2. The minimum absolute atomic E-state index is 0.0565. The van der Waals surface area contributed by atoms with Crippen molar-refractivity contribution in [3.05, 3.63) is 11.7 Å². The van der Waals surface area contributed by atoms with Crippen LogP contribution in [0.1, 0.15) is 32.5 Å². The summed E-state index contributed by atoms with van der Waals surface area (Å²) >= 11 is 0. The number of aryl methyl sites for hydroxylation is 1. The topological polar surface area (TPSA) is 51.4 Å². The average Bonchev–Trinajstić information content (AvgIpc) is 2.57. The molecular weight excluding hydrogens is 206 g/mol. The van der Waals surface area contributed by atoms with Crippen LogP contribution in [0.2, 0.25) is 0 Å². The van der Waals surface area contributed by atoms with Crippen molar-refractivity contribution in [2.24, 2.45) is 0 Å². The van der Waals surface area contributed by atoms with Crippen molar-refractivity contribution in [3.8, 4) is 0 Å². The minimum atomic E-state index is 0.0565. The van der Waals surface area contributed by atoms with Gasteiger partial charge in [0.1, 0.15) is 0 Å². The van der Waals surface area contributed by atoms with Crippen LogP contribution in [0.5, 0.6) is 0 Å². The van der Waals surface area contributed by atoms with Crippen molar-refractivity contribution in [2.75, 3.05) is 20.3 Å². The fourth-order valence-corrected chi connectivity index (χ4v) is 1.42. The van der Waals surface area contributed by atoms with Gasteiger partial charge in [-0.15, -0.1) is 0 Å². The Morgan fingerprint density at radius 2 is 2.06 bits per heavy atom. The lowest BCUT2D eigenvalue weighted by Crippen LogP contribution is -2.42. The summed E-state index contributed by atoms with van der Waals surface area (Å²) in [5.74, 6) is 1.33. The predicted molar refractivity (Wildman–Crippen MR) is 61.1 cm³/mol. The van der Waals surface area contributed by atoms with E-state index in [1.54, 1.807) is 7.11 Å². The maximum absolute atomic E-state index is 5.13. The van der Waals surface area contributed by atoms with Crippen LogP contribution in [0.15, 0.2) is 4.52 Å². The largest absolute Gasteiger partial charge is 0.383 e. The highest BCUT2D eigenvalue weighted by Gasteiger charge is 2.23. The molecule has 0 fully saturated rings. The van der Waals surface area contributed by atoms with Crippen molar-refractivity contribution in [1.29, 1.82) is 0 Å². The van der Waals surface area contributed by atoms with E-state index in [-0.39, 0.29) is 5.54 Å².